The predicted molar refractivity (Wildman–Crippen MR) is 70.7 cm³/mol. The van der Waals surface area contributed by atoms with Crippen molar-refractivity contribution in [1.82, 2.24) is 9.88 Å². The Kier molecular flexibility index (Phi) is 4.31. The van der Waals surface area contributed by atoms with Gasteiger partial charge in [-0.15, -0.1) is 11.3 Å². The second-order valence-corrected chi connectivity index (χ2v) is 5.47. The van der Waals surface area contributed by atoms with Crippen molar-refractivity contribution >= 4 is 17.2 Å². The van der Waals surface area contributed by atoms with Crippen molar-refractivity contribution in [2.75, 3.05) is 20.3 Å². The average Bonchev–Trinajstić information content (AvgIpc) is 3.05. The number of rotatable bonds is 6. The summed E-state index contributed by atoms with van der Waals surface area (Å²) in [6.07, 6.45) is 2.17. The van der Waals surface area contributed by atoms with E-state index in [2.05, 4.69) is 4.98 Å². The van der Waals surface area contributed by atoms with Gasteiger partial charge in [0.25, 0.3) is 5.91 Å². The Morgan fingerprint density at radius 1 is 1.72 bits per heavy atom. The number of methoxy groups -OCH3 is 1. The molecule has 1 aromatic rings. The normalized spacial score (nSPS) is 16.6. The van der Waals surface area contributed by atoms with E-state index >= 15 is 0 Å². The molecule has 2 N–H and O–H groups in total. The first kappa shape index (κ1) is 13.5. The minimum Gasteiger partial charge on any atom is -0.383 e. The fourth-order valence-electron chi connectivity index (χ4n) is 1.77. The topological polar surface area (TPSA) is 68.5 Å². The molecule has 1 amide bonds. The highest BCUT2D eigenvalue weighted by molar-refractivity contribution is 7.09. The van der Waals surface area contributed by atoms with E-state index in [0.717, 1.165) is 17.8 Å². The van der Waals surface area contributed by atoms with Crippen LogP contribution in [0.15, 0.2) is 5.38 Å². The number of ether oxygens (including phenoxy) is 1. The molecule has 18 heavy (non-hydrogen) atoms. The molecule has 1 saturated carbocycles. The Balaban J connectivity index is 2.06. The van der Waals surface area contributed by atoms with Crippen LogP contribution in [0.1, 0.15) is 41.3 Å². The van der Waals surface area contributed by atoms with Gasteiger partial charge in [-0.1, -0.05) is 0 Å². The van der Waals surface area contributed by atoms with E-state index in [1.165, 1.54) is 11.3 Å². The summed E-state index contributed by atoms with van der Waals surface area (Å²) < 4.78 is 5.05. The zero-order valence-corrected chi connectivity index (χ0v) is 11.6. The molecule has 1 aromatic heterocycles. The van der Waals surface area contributed by atoms with Crippen molar-refractivity contribution < 1.29 is 9.53 Å². The van der Waals surface area contributed by atoms with Crippen LogP contribution in [-0.4, -0.2) is 42.1 Å². The highest BCUT2D eigenvalue weighted by atomic mass is 32.1. The van der Waals surface area contributed by atoms with E-state index in [0.29, 0.717) is 24.9 Å². The molecule has 1 unspecified atom stereocenters. The summed E-state index contributed by atoms with van der Waals surface area (Å²) >= 11 is 1.44. The van der Waals surface area contributed by atoms with Gasteiger partial charge in [-0.3, -0.25) is 4.79 Å². The van der Waals surface area contributed by atoms with Gasteiger partial charge in [0.15, 0.2) is 0 Å². The molecule has 1 atom stereocenters. The number of hydrogen-bond acceptors (Lipinski definition) is 5. The largest absolute Gasteiger partial charge is 0.383 e. The molecule has 1 aliphatic carbocycles. The monoisotopic (exact) mass is 269 g/mol. The number of aromatic nitrogens is 1. The van der Waals surface area contributed by atoms with E-state index < -0.39 is 0 Å². The van der Waals surface area contributed by atoms with E-state index in [1.54, 1.807) is 12.5 Å². The number of hydrogen-bond donors (Lipinski definition) is 1. The average molecular weight is 269 g/mol. The molecule has 6 heteroatoms. The molecule has 0 spiro atoms. The van der Waals surface area contributed by atoms with Gasteiger partial charge in [0.2, 0.25) is 0 Å². The quantitative estimate of drug-likeness (QED) is 0.848. The maximum absolute atomic E-state index is 12.3. The third-order valence-electron chi connectivity index (χ3n) is 2.92. The Labute approximate surface area is 111 Å². The van der Waals surface area contributed by atoms with Crippen LogP contribution in [0, 0.1) is 0 Å². The lowest BCUT2D eigenvalue weighted by atomic mass is 10.3. The zero-order chi connectivity index (χ0) is 13.1. The number of nitrogens with two attached hydrogens (primary N) is 1. The summed E-state index contributed by atoms with van der Waals surface area (Å²) in [5.41, 5.74) is 6.27. The molecule has 100 valence electrons. The number of carbonyl (C=O) groups is 1. The van der Waals surface area contributed by atoms with E-state index in [1.807, 2.05) is 11.8 Å². The maximum Gasteiger partial charge on any atom is 0.273 e. The highest BCUT2D eigenvalue weighted by Crippen LogP contribution is 2.28. The van der Waals surface area contributed by atoms with Crippen LogP contribution in [0.5, 0.6) is 0 Å². The lowest BCUT2D eigenvalue weighted by molar-refractivity contribution is 0.0675. The summed E-state index contributed by atoms with van der Waals surface area (Å²) in [5, 5.41) is 2.60. The minimum absolute atomic E-state index is 0.00213. The molecule has 1 aliphatic rings. The number of carbonyl (C=O) groups excluding carboxylic acids is 1. The standard InChI is InChI=1S/C12H19N3O2S/c1-8(13)11-14-10(7-18-11)12(16)15(5-6-17-2)9-3-4-9/h7-9H,3-6,13H2,1-2H3. The molecule has 0 radical (unpaired) electrons. The van der Waals surface area contributed by atoms with Gasteiger partial charge in [-0.05, 0) is 19.8 Å². The molecule has 0 aromatic carbocycles. The van der Waals surface area contributed by atoms with Crippen molar-refractivity contribution in [2.24, 2.45) is 5.73 Å². The summed E-state index contributed by atoms with van der Waals surface area (Å²) in [5.74, 6) is -0.00213. The Morgan fingerprint density at radius 2 is 2.44 bits per heavy atom. The van der Waals surface area contributed by atoms with Gasteiger partial charge in [0, 0.05) is 25.1 Å². The first-order valence-electron chi connectivity index (χ1n) is 6.14. The molecule has 2 rings (SSSR count). The zero-order valence-electron chi connectivity index (χ0n) is 10.8. The number of nitrogens with zero attached hydrogens (tertiary/aromatic N) is 2. The number of amides is 1. The summed E-state index contributed by atoms with van der Waals surface area (Å²) in [6, 6.07) is 0.248. The van der Waals surface area contributed by atoms with Gasteiger partial charge in [0.1, 0.15) is 10.7 Å². The molecule has 0 bridgehead atoms. The van der Waals surface area contributed by atoms with Crippen molar-refractivity contribution in [3.05, 3.63) is 16.1 Å². The molecule has 0 aliphatic heterocycles. The molecular weight excluding hydrogens is 250 g/mol. The van der Waals surface area contributed by atoms with Gasteiger partial charge >= 0.3 is 0 Å². The minimum atomic E-state index is -0.120. The lowest BCUT2D eigenvalue weighted by Gasteiger charge is -2.20. The van der Waals surface area contributed by atoms with Gasteiger partial charge in [0.05, 0.1) is 12.6 Å². The molecular formula is C12H19N3O2S. The second-order valence-electron chi connectivity index (χ2n) is 4.58. The third kappa shape index (κ3) is 3.07. The van der Waals surface area contributed by atoms with Crippen LogP contribution in [0.25, 0.3) is 0 Å². The summed E-state index contributed by atoms with van der Waals surface area (Å²) in [6.45, 7) is 3.06. The SMILES string of the molecule is COCCN(C(=O)c1csc(C(C)N)n1)C1CC1. The van der Waals surface area contributed by atoms with E-state index in [9.17, 15) is 4.79 Å². The van der Waals surface area contributed by atoms with Gasteiger partial charge in [-0.25, -0.2) is 4.98 Å². The van der Waals surface area contributed by atoms with Crippen LogP contribution in [0.4, 0.5) is 0 Å². The molecule has 0 saturated heterocycles. The van der Waals surface area contributed by atoms with Crippen molar-refractivity contribution in [3.8, 4) is 0 Å². The van der Waals surface area contributed by atoms with Crippen molar-refractivity contribution in [1.29, 1.82) is 0 Å². The number of thiazole rings is 1. The fraction of sp³-hybridized carbons (Fsp3) is 0.667. The van der Waals surface area contributed by atoms with Crippen molar-refractivity contribution in [2.45, 2.75) is 31.8 Å². The van der Waals surface area contributed by atoms with Crippen LogP contribution in [0.3, 0.4) is 0 Å². The molecule has 1 heterocycles. The fourth-order valence-corrected chi connectivity index (χ4v) is 2.52. The molecule has 5 nitrogen and oxygen atoms in total. The highest BCUT2D eigenvalue weighted by Gasteiger charge is 2.33. The van der Waals surface area contributed by atoms with Gasteiger partial charge in [-0.2, -0.15) is 0 Å². The van der Waals surface area contributed by atoms with Crippen LogP contribution in [0.2, 0.25) is 0 Å². The Morgan fingerprint density at radius 3 is 2.94 bits per heavy atom. The van der Waals surface area contributed by atoms with Crippen LogP contribution >= 0.6 is 11.3 Å². The predicted octanol–water partition coefficient (Wildman–Crippen LogP) is 1.41. The Bertz CT molecular complexity index is 415. The molecule has 1 fully saturated rings. The van der Waals surface area contributed by atoms with Gasteiger partial charge < -0.3 is 15.4 Å². The van der Waals surface area contributed by atoms with E-state index in [-0.39, 0.29) is 11.9 Å². The third-order valence-corrected chi connectivity index (χ3v) is 3.96. The Hall–Kier alpha value is -0.980. The van der Waals surface area contributed by atoms with Crippen molar-refractivity contribution in [3.63, 3.8) is 0 Å². The van der Waals surface area contributed by atoms with E-state index in [4.69, 9.17) is 10.5 Å². The lowest BCUT2D eigenvalue weighted by Crippen LogP contribution is -2.36. The van der Waals surface area contributed by atoms with Crippen LogP contribution in [-0.2, 0) is 4.74 Å². The first-order chi connectivity index (χ1) is 8.63. The smallest absolute Gasteiger partial charge is 0.273 e. The first-order valence-corrected chi connectivity index (χ1v) is 7.02. The van der Waals surface area contributed by atoms with Crippen LogP contribution < -0.4 is 5.73 Å². The second kappa shape index (κ2) is 5.77. The summed E-state index contributed by atoms with van der Waals surface area (Å²) in [4.78, 5) is 18.5. The summed E-state index contributed by atoms with van der Waals surface area (Å²) in [7, 11) is 1.65. The maximum atomic E-state index is 12.3.